The van der Waals surface area contributed by atoms with E-state index >= 15 is 0 Å². The molecule has 1 saturated carbocycles. The van der Waals surface area contributed by atoms with Crippen LogP contribution in [-0.4, -0.2) is 39.9 Å². The van der Waals surface area contributed by atoms with Crippen molar-refractivity contribution in [2.45, 2.75) is 38.6 Å². The van der Waals surface area contributed by atoms with Crippen molar-refractivity contribution < 1.29 is 4.74 Å². The van der Waals surface area contributed by atoms with Gasteiger partial charge in [-0.05, 0) is 61.6 Å². The van der Waals surface area contributed by atoms with Crippen molar-refractivity contribution in [2.75, 3.05) is 37.3 Å². The lowest BCUT2D eigenvalue weighted by atomic mass is 9.84. The van der Waals surface area contributed by atoms with Gasteiger partial charge in [0.05, 0.1) is 18.3 Å². The number of aromatic nitrogens is 2. The molecule has 2 aliphatic heterocycles. The molecule has 0 spiro atoms. The van der Waals surface area contributed by atoms with E-state index < -0.39 is 0 Å². The Hall–Kier alpha value is -1.86. The quantitative estimate of drug-likeness (QED) is 0.674. The molecule has 2 aromatic rings. The Bertz CT molecular complexity index is 715. The number of nitrogens with two attached hydrogens (primary N) is 1. The summed E-state index contributed by atoms with van der Waals surface area (Å²) in [5, 5.41) is 3.19. The molecule has 6 nitrogen and oxygen atoms in total. The lowest BCUT2D eigenvalue weighted by Gasteiger charge is -2.22. The van der Waals surface area contributed by atoms with Gasteiger partial charge in [-0.1, -0.05) is 12.1 Å². The molecule has 0 unspecified atom stereocenters. The first-order chi connectivity index (χ1) is 13.3. The van der Waals surface area contributed by atoms with Crippen LogP contribution in [0.2, 0.25) is 0 Å². The molecular weight excluding hydrogens is 358 g/mol. The molecular formula is C20H29N5OS. The minimum absolute atomic E-state index is 0.468. The number of nitrogen functional groups attached to an aromatic ring is 1. The number of nitrogens with one attached hydrogen (secondary N) is 1. The number of ether oxygens (including phenoxy) is 1. The molecule has 3 fully saturated rings. The van der Waals surface area contributed by atoms with Crippen LogP contribution in [-0.2, 0) is 6.54 Å². The minimum atomic E-state index is 0.468. The lowest BCUT2D eigenvalue weighted by Crippen LogP contribution is -2.27. The summed E-state index contributed by atoms with van der Waals surface area (Å²) in [6.45, 7) is 5.01. The second-order valence-electron chi connectivity index (χ2n) is 7.86. The van der Waals surface area contributed by atoms with Gasteiger partial charge in [0.25, 0.3) is 0 Å². The van der Waals surface area contributed by atoms with Crippen molar-refractivity contribution in [1.82, 2.24) is 13.6 Å². The van der Waals surface area contributed by atoms with Crippen molar-refractivity contribution in [3.8, 4) is 5.75 Å². The van der Waals surface area contributed by atoms with Crippen LogP contribution < -0.4 is 15.8 Å². The Labute approximate surface area is 165 Å². The zero-order valence-corrected chi connectivity index (χ0v) is 16.6. The molecule has 3 heterocycles. The van der Waals surface area contributed by atoms with E-state index in [-0.39, 0.29) is 0 Å². The van der Waals surface area contributed by atoms with E-state index in [2.05, 4.69) is 37.2 Å². The average molecular weight is 388 g/mol. The first-order valence-corrected chi connectivity index (χ1v) is 10.8. The Morgan fingerprint density at radius 2 is 1.93 bits per heavy atom. The minimum Gasteiger partial charge on any atom is -0.494 e. The van der Waals surface area contributed by atoms with Crippen LogP contribution in [0.15, 0.2) is 24.3 Å². The summed E-state index contributed by atoms with van der Waals surface area (Å²) in [6.07, 6.45) is 6.61. The third-order valence-corrected chi connectivity index (χ3v) is 6.24. The van der Waals surface area contributed by atoms with E-state index in [0.29, 0.717) is 18.2 Å². The largest absolute Gasteiger partial charge is 0.494 e. The normalized spacial score (nSPS) is 22.5. The van der Waals surface area contributed by atoms with E-state index in [1.54, 1.807) is 0 Å². The Kier molecular flexibility index (Phi) is 6.09. The van der Waals surface area contributed by atoms with Gasteiger partial charge in [0.2, 0.25) is 0 Å². The second kappa shape index (κ2) is 8.89. The van der Waals surface area contributed by atoms with Crippen LogP contribution in [0.3, 0.4) is 0 Å². The zero-order chi connectivity index (χ0) is 18.5. The SMILES string of the molecule is Nc1nsnc1NCCCOc1cccc(CN2CC3CCC(CC3)C2)c1. The fourth-order valence-electron chi connectivity index (χ4n) is 4.31. The molecule has 0 amide bonds. The van der Waals surface area contributed by atoms with E-state index in [4.69, 9.17) is 10.5 Å². The molecule has 3 N–H and O–H groups in total. The molecule has 0 atom stereocenters. The highest BCUT2D eigenvalue weighted by Crippen LogP contribution is 2.34. The number of rotatable bonds is 8. The first kappa shape index (κ1) is 18.5. The number of hydrogen-bond donors (Lipinski definition) is 2. The summed E-state index contributed by atoms with van der Waals surface area (Å²) in [4.78, 5) is 2.66. The van der Waals surface area contributed by atoms with Gasteiger partial charge >= 0.3 is 0 Å². The van der Waals surface area contributed by atoms with Crippen LogP contribution in [0.25, 0.3) is 0 Å². The molecule has 7 heteroatoms. The van der Waals surface area contributed by atoms with Crippen molar-refractivity contribution in [3.63, 3.8) is 0 Å². The maximum atomic E-state index is 5.94. The summed E-state index contributed by atoms with van der Waals surface area (Å²) >= 11 is 1.13. The van der Waals surface area contributed by atoms with Crippen LogP contribution >= 0.6 is 11.7 Å². The third kappa shape index (κ3) is 5.11. The molecule has 2 saturated heterocycles. The molecule has 1 aromatic carbocycles. The van der Waals surface area contributed by atoms with Crippen LogP contribution in [0, 0.1) is 11.8 Å². The molecule has 2 bridgehead atoms. The Morgan fingerprint density at radius 3 is 2.63 bits per heavy atom. The molecule has 3 aliphatic rings. The third-order valence-electron chi connectivity index (χ3n) is 5.70. The number of fused-ring (bicyclic) bond motifs is 4. The second-order valence-corrected chi connectivity index (χ2v) is 8.38. The van der Waals surface area contributed by atoms with Crippen molar-refractivity contribution in [2.24, 2.45) is 11.8 Å². The maximum absolute atomic E-state index is 5.94. The predicted octanol–water partition coefficient (Wildman–Crippen LogP) is 3.62. The molecule has 5 rings (SSSR count). The molecule has 1 aromatic heterocycles. The van der Waals surface area contributed by atoms with Crippen molar-refractivity contribution in [1.29, 1.82) is 0 Å². The zero-order valence-electron chi connectivity index (χ0n) is 15.8. The summed E-state index contributed by atoms with van der Waals surface area (Å²) in [5.74, 6) is 3.93. The van der Waals surface area contributed by atoms with Gasteiger partial charge in [-0.3, -0.25) is 4.90 Å². The number of hydrogen-bond acceptors (Lipinski definition) is 7. The van der Waals surface area contributed by atoms with E-state index in [1.807, 2.05) is 6.07 Å². The lowest BCUT2D eigenvalue weighted by molar-refractivity contribution is 0.243. The van der Waals surface area contributed by atoms with Gasteiger partial charge in [0.15, 0.2) is 11.6 Å². The summed E-state index contributed by atoms with van der Waals surface area (Å²) in [6, 6.07) is 8.57. The molecule has 1 aliphatic carbocycles. The highest BCUT2D eigenvalue weighted by molar-refractivity contribution is 6.99. The van der Waals surface area contributed by atoms with Crippen molar-refractivity contribution >= 4 is 23.4 Å². The molecule has 146 valence electrons. The standard InChI is InChI=1S/C20H29N5OS/c21-19-20(24-27-23-19)22-9-2-10-26-18-4-1-3-17(11-18)14-25-12-15-5-6-16(13-25)8-7-15/h1,3-4,11,15-16H,2,5-10,12-14H2,(H2,21,23)(H,22,24). The fourth-order valence-corrected chi connectivity index (χ4v) is 4.76. The van der Waals surface area contributed by atoms with Crippen LogP contribution in [0.5, 0.6) is 5.75 Å². The number of anilines is 2. The highest BCUT2D eigenvalue weighted by Gasteiger charge is 2.29. The van der Waals surface area contributed by atoms with Gasteiger partial charge in [0.1, 0.15) is 5.75 Å². The Balaban J connectivity index is 1.22. The fraction of sp³-hybridized carbons (Fsp3) is 0.600. The average Bonchev–Trinajstić information content (AvgIpc) is 2.88. The summed E-state index contributed by atoms with van der Waals surface area (Å²) in [5.41, 5.74) is 7.06. The van der Waals surface area contributed by atoms with Gasteiger partial charge in [-0.2, -0.15) is 8.75 Å². The van der Waals surface area contributed by atoms with E-state index in [1.165, 1.54) is 44.3 Å². The summed E-state index contributed by atoms with van der Waals surface area (Å²) in [7, 11) is 0. The molecule has 27 heavy (non-hydrogen) atoms. The first-order valence-electron chi connectivity index (χ1n) is 10.0. The van der Waals surface area contributed by atoms with Crippen LogP contribution in [0.4, 0.5) is 11.6 Å². The smallest absolute Gasteiger partial charge is 0.184 e. The highest BCUT2D eigenvalue weighted by atomic mass is 32.1. The van der Waals surface area contributed by atoms with Gasteiger partial charge in [-0.15, -0.1) is 0 Å². The van der Waals surface area contributed by atoms with Gasteiger partial charge < -0.3 is 15.8 Å². The monoisotopic (exact) mass is 387 g/mol. The van der Waals surface area contributed by atoms with E-state index in [9.17, 15) is 0 Å². The van der Waals surface area contributed by atoms with Crippen molar-refractivity contribution in [3.05, 3.63) is 29.8 Å². The number of benzene rings is 1. The van der Waals surface area contributed by atoms with Gasteiger partial charge in [-0.25, -0.2) is 0 Å². The number of nitrogens with zero attached hydrogens (tertiary/aromatic N) is 3. The van der Waals surface area contributed by atoms with Gasteiger partial charge in [0, 0.05) is 26.2 Å². The molecule has 0 radical (unpaired) electrons. The van der Waals surface area contributed by atoms with E-state index in [0.717, 1.165) is 48.8 Å². The topological polar surface area (TPSA) is 76.3 Å². The van der Waals surface area contributed by atoms with Crippen LogP contribution in [0.1, 0.15) is 37.7 Å². The maximum Gasteiger partial charge on any atom is 0.184 e. The predicted molar refractivity (Wildman–Crippen MR) is 110 cm³/mol. The summed E-state index contributed by atoms with van der Waals surface area (Å²) < 4.78 is 14.0. The Morgan fingerprint density at radius 1 is 1.15 bits per heavy atom.